The fraction of sp³-hybridized carbons (Fsp3) is 0.619. The summed E-state index contributed by atoms with van der Waals surface area (Å²) in [4.78, 5) is 22.1. The predicted octanol–water partition coefficient (Wildman–Crippen LogP) is 5.25. The topological polar surface area (TPSA) is 93.1 Å². The largest absolute Gasteiger partial charge is 0.494 e. The van der Waals surface area contributed by atoms with Crippen LogP contribution in [0.5, 0.6) is 11.5 Å². The van der Waals surface area contributed by atoms with Gasteiger partial charge < -0.3 is 19.7 Å². The number of alkyl halides is 3. The van der Waals surface area contributed by atoms with Crippen LogP contribution < -0.4 is 9.47 Å². The summed E-state index contributed by atoms with van der Waals surface area (Å²) in [7, 11) is 0. The molecule has 6 nitrogen and oxygen atoms in total. The zero-order valence-electron chi connectivity index (χ0n) is 17.6. The number of halogens is 3. The predicted molar refractivity (Wildman–Crippen MR) is 104 cm³/mol. The van der Waals surface area contributed by atoms with Gasteiger partial charge in [-0.3, -0.25) is 9.59 Å². The second-order valence-electron chi connectivity index (χ2n) is 8.44. The number of hydrogen-bond donors (Lipinski definition) is 2. The lowest BCUT2D eigenvalue weighted by Crippen LogP contribution is -2.24. The highest BCUT2D eigenvalue weighted by atomic mass is 19.4. The third-order valence-corrected chi connectivity index (χ3v) is 4.83. The van der Waals surface area contributed by atoms with Gasteiger partial charge in [0.05, 0.1) is 24.0 Å². The number of ether oxygens (including phenoxy) is 2. The Morgan fingerprint density at radius 2 is 1.33 bits per heavy atom. The normalized spacial score (nSPS) is 12.5. The van der Waals surface area contributed by atoms with Crippen molar-refractivity contribution in [3.63, 3.8) is 0 Å². The minimum atomic E-state index is -4.65. The van der Waals surface area contributed by atoms with Crippen LogP contribution in [0.4, 0.5) is 13.2 Å². The van der Waals surface area contributed by atoms with Crippen molar-refractivity contribution in [3.8, 4) is 11.5 Å². The molecule has 0 saturated carbocycles. The number of rotatable bonds is 12. The lowest BCUT2D eigenvalue weighted by molar-refractivity contribution is -0.148. The molecule has 2 N–H and O–H groups in total. The molecule has 9 heteroatoms. The minimum Gasteiger partial charge on any atom is -0.494 e. The molecule has 170 valence electrons. The van der Waals surface area contributed by atoms with E-state index in [-0.39, 0.29) is 37.6 Å². The molecule has 1 rings (SSSR count). The summed E-state index contributed by atoms with van der Waals surface area (Å²) in [6.07, 6.45) is -3.41. The van der Waals surface area contributed by atoms with E-state index in [1.54, 1.807) is 27.7 Å². The van der Waals surface area contributed by atoms with E-state index >= 15 is 0 Å². The third-order valence-electron chi connectivity index (χ3n) is 4.83. The monoisotopic (exact) mass is 434 g/mol. The summed E-state index contributed by atoms with van der Waals surface area (Å²) in [6, 6.07) is 3.37. The summed E-state index contributed by atoms with van der Waals surface area (Å²) < 4.78 is 50.8. The Labute approximate surface area is 174 Å². The lowest BCUT2D eigenvalue weighted by atomic mass is 9.88. The maximum Gasteiger partial charge on any atom is 0.420 e. The van der Waals surface area contributed by atoms with Crippen LogP contribution in [0.3, 0.4) is 0 Å². The third kappa shape index (κ3) is 7.76. The number of benzene rings is 1. The van der Waals surface area contributed by atoms with Gasteiger partial charge in [-0.05, 0) is 71.6 Å². The first kappa shape index (κ1) is 25.6. The first-order valence-electron chi connectivity index (χ1n) is 9.60. The van der Waals surface area contributed by atoms with Gasteiger partial charge in [0, 0.05) is 0 Å². The van der Waals surface area contributed by atoms with E-state index < -0.39 is 34.5 Å². The zero-order chi connectivity index (χ0) is 23.2. The van der Waals surface area contributed by atoms with Crippen LogP contribution in [0, 0.1) is 10.8 Å². The standard InChI is InChI=1S/C21H29F3O6/c1-19(2,17(25)26)9-5-11-29-14-7-8-16(15(13-14)21(22,23)24)30-12-6-10-20(3,4)18(27)28/h7-8,13H,5-6,9-12H2,1-4H3,(H,25,26)(H,27,28). The van der Waals surface area contributed by atoms with E-state index in [2.05, 4.69) is 0 Å². The average molecular weight is 434 g/mol. The molecule has 0 fully saturated rings. The highest BCUT2D eigenvalue weighted by Gasteiger charge is 2.35. The number of carboxylic acid groups (broad SMARTS) is 2. The molecule has 0 aliphatic heterocycles. The van der Waals surface area contributed by atoms with Crippen molar-refractivity contribution in [1.29, 1.82) is 0 Å². The van der Waals surface area contributed by atoms with Gasteiger partial charge in [0.25, 0.3) is 0 Å². The molecule has 0 aromatic heterocycles. The number of aliphatic carboxylic acids is 2. The molecule has 1 aromatic carbocycles. The summed E-state index contributed by atoms with van der Waals surface area (Å²) in [5.74, 6) is -2.27. The summed E-state index contributed by atoms with van der Waals surface area (Å²) in [5.41, 5.74) is -2.90. The van der Waals surface area contributed by atoms with Crippen LogP contribution in [-0.4, -0.2) is 35.4 Å². The van der Waals surface area contributed by atoms with Gasteiger partial charge >= 0.3 is 18.1 Å². The second-order valence-corrected chi connectivity index (χ2v) is 8.44. The van der Waals surface area contributed by atoms with Crippen LogP contribution in [0.2, 0.25) is 0 Å². The Kier molecular flexibility index (Phi) is 8.56. The fourth-order valence-corrected chi connectivity index (χ4v) is 2.56. The molecular formula is C21H29F3O6. The molecule has 0 radical (unpaired) electrons. The molecule has 0 spiro atoms. The fourth-order valence-electron chi connectivity index (χ4n) is 2.56. The molecule has 0 heterocycles. The maximum atomic E-state index is 13.4. The first-order chi connectivity index (χ1) is 13.7. The van der Waals surface area contributed by atoms with Crippen molar-refractivity contribution in [2.24, 2.45) is 10.8 Å². The first-order valence-corrected chi connectivity index (χ1v) is 9.60. The van der Waals surface area contributed by atoms with Gasteiger partial charge in [0.1, 0.15) is 17.1 Å². The summed E-state index contributed by atoms with van der Waals surface area (Å²) in [5, 5.41) is 18.1. The molecule has 0 unspecified atom stereocenters. The molecule has 0 aliphatic rings. The highest BCUT2D eigenvalue weighted by Crippen LogP contribution is 2.38. The molecule has 0 bridgehead atoms. The molecule has 30 heavy (non-hydrogen) atoms. The Hall–Kier alpha value is -2.45. The van der Waals surface area contributed by atoms with E-state index in [1.807, 2.05) is 0 Å². The Morgan fingerprint density at radius 3 is 1.77 bits per heavy atom. The van der Waals surface area contributed by atoms with Crippen LogP contribution >= 0.6 is 0 Å². The van der Waals surface area contributed by atoms with Gasteiger partial charge in [-0.1, -0.05) is 0 Å². The minimum absolute atomic E-state index is 0.00909. The van der Waals surface area contributed by atoms with Crippen LogP contribution in [-0.2, 0) is 15.8 Å². The van der Waals surface area contributed by atoms with Crippen molar-refractivity contribution in [2.75, 3.05) is 13.2 Å². The van der Waals surface area contributed by atoms with Gasteiger partial charge in [-0.2, -0.15) is 13.2 Å². The van der Waals surface area contributed by atoms with Crippen LogP contribution in [0.1, 0.15) is 58.9 Å². The van der Waals surface area contributed by atoms with E-state index in [1.165, 1.54) is 12.1 Å². The highest BCUT2D eigenvalue weighted by molar-refractivity contribution is 5.73. The van der Waals surface area contributed by atoms with Crippen LogP contribution in [0.15, 0.2) is 18.2 Å². The number of hydrogen-bond acceptors (Lipinski definition) is 4. The van der Waals surface area contributed by atoms with Crippen molar-refractivity contribution in [3.05, 3.63) is 23.8 Å². The summed E-state index contributed by atoms with van der Waals surface area (Å²) >= 11 is 0. The number of carbonyl (C=O) groups is 2. The quantitative estimate of drug-likeness (QED) is 0.437. The van der Waals surface area contributed by atoms with E-state index in [4.69, 9.17) is 19.7 Å². The molecule has 1 aromatic rings. The lowest BCUT2D eigenvalue weighted by Gasteiger charge is -2.20. The van der Waals surface area contributed by atoms with Crippen molar-refractivity contribution in [1.82, 2.24) is 0 Å². The Balaban J connectivity index is 2.71. The average Bonchev–Trinajstić information content (AvgIpc) is 2.62. The Morgan fingerprint density at radius 1 is 0.867 bits per heavy atom. The van der Waals surface area contributed by atoms with Gasteiger partial charge in [-0.25, -0.2) is 0 Å². The molecule has 0 aliphatic carbocycles. The van der Waals surface area contributed by atoms with E-state index in [0.717, 1.165) is 6.07 Å². The van der Waals surface area contributed by atoms with Crippen molar-refractivity contribution < 1.29 is 42.4 Å². The molecule has 0 atom stereocenters. The van der Waals surface area contributed by atoms with E-state index in [0.29, 0.717) is 12.8 Å². The van der Waals surface area contributed by atoms with Crippen LogP contribution in [0.25, 0.3) is 0 Å². The van der Waals surface area contributed by atoms with Crippen molar-refractivity contribution in [2.45, 2.75) is 59.6 Å². The SMILES string of the molecule is CC(C)(CCCOc1ccc(OCCCC(C)(C)C(=O)O)c(C(F)(F)F)c1)C(=O)O. The summed E-state index contributed by atoms with van der Waals surface area (Å²) in [6.45, 7) is 6.25. The van der Waals surface area contributed by atoms with Gasteiger partial charge in [-0.15, -0.1) is 0 Å². The van der Waals surface area contributed by atoms with Gasteiger partial charge in [0.15, 0.2) is 0 Å². The smallest absolute Gasteiger partial charge is 0.420 e. The molecule has 0 amide bonds. The van der Waals surface area contributed by atoms with E-state index in [9.17, 15) is 22.8 Å². The van der Waals surface area contributed by atoms with Gasteiger partial charge in [0.2, 0.25) is 0 Å². The number of carboxylic acids is 2. The Bertz CT molecular complexity index is 741. The zero-order valence-corrected chi connectivity index (χ0v) is 17.6. The maximum absolute atomic E-state index is 13.4. The molecule has 0 saturated heterocycles. The van der Waals surface area contributed by atoms with Crippen molar-refractivity contribution >= 4 is 11.9 Å². The molecular weight excluding hydrogens is 405 g/mol. The second kappa shape index (κ2) is 10.0.